The minimum absolute atomic E-state index is 0.282. The minimum Gasteiger partial charge on any atom is -0.308 e. The molecule has 124 valence electrons. The molecule has 2 fully saturated rings. The number of amides is 1. The summed E-state index contributed by atoms with van der Waals surface area (Å²) in [5, 5.41) is 0. The van der Waals surface area contributed by atoms with Crippen molar-refractivity contribution < 1.29 is 4.79 Å². The van der Waals surface area contributed by atoms with E-state index < -0.39 is 0 Å². The first-order valence-electron chi connectivity index (χ1n) is 9.12. The molecule has 1 saturated carbocycles. The van der Waals surface area contributed by atoms with Crippen molar-refractivity contribution in [3.63, 3.8) is 0 Å². The van der Waals surface area contributed by atoms with E-state index in [0.717, 1.165) is 18.5 Å². The van der Waals surface area contributed by atoms with Crippen LogP contribution in [-0.4, -0.2) is 35.5 Å². The Labute approximate surface area is 139 Å². The van der Waals surface area contributed by atoms with Gasteiger partial charge in [-0.3, -0.25) is 9.69 Å². The third-order valence-electron chi connectivity index (χ3n) is 6.43. The van der Waals surface area contributed by atoms with Gasteiger partial charge in [-0.15, -0.1) is 0 Å². The molecule has 2 aliphatic heterocycles. The van der Waals surface area contributed by atoms with Gasteiger partial charge in [-0.05, 0) is 71.2 Å². The summed E-state index contributed by atoms with van der Waals surface area (Å²) in [6.45, 7) is 9.00. The maximum Gasteiger partial charge on any atom is 0.237 e. The molecule has 3 nitrogen and oxygen atoms in total. The van der Waals surface area contributed by atoms with Crippen molar-refractivity contribution in [2.75, 3.05) is 18.0 Å². The first kappa shape index (κ1) is 15.2. The lowest BCUT2D eigenvalue weighted by atomic mass is 9.71. The molecule has 0 N–H and O–H groups in total. The van der Waals surface area contributed by atoms with Crippen molar-refractivity contribution in [3.8, 4) is 0 Å². The fourth-order valence-corrected chi connectivity index (χ4v) is 4.93. The SMILES string of the molecule is CC1(C)C(=O)N(C2CC(C)(N3CCCCC3)C2)c2ccccc21. The van der Waals surface area contributed by atoms with Gasteiger partial charge in [-0.2, -0.15) is 0 Å². The first-order chi connectivity index (χ1) is 10.9. The van der Waals surface area contributed by atoms with Crippen molar-refractivity contribution in [1.82, 2.24) is 4.90 Å². The van der Waals surface area contributed by atoms with Crippen LogP contribution in [0.4, 0.5) is 5.69 Å². The maximum atomic E-state index is 13.0. The second kappa shape index (κ2) is 5.07. The highest BCUT2D eigenvalue weighted by atomic mass is 16.2. The second-order valence-corrected chi connectivity index (χ2v) is 8.42. The molecule has 2 heterocycles. The third kappa shape index (κ3) is 2.16. The zero-order valence-electron chi connectivity index (χ0n) is 14.6. The van der Waals surface area contributed by atoms with E-state index in [1.54, 1.807) is 0 Å². The number of carbonyl (C=O) groups is 1. The Morgan fingerprint density at radius 1 is 1.00 bits per heavy atom. The van der Waals surface area contributed by atoms with Gasteiger partial charge in [0.15, 0.2) is 0 Å². The molecular formula is C20H28N2O. The summed E-state index contributed by atoms with van der Waals surface area (Å²) in [4.78, 5) is 17.8. The van der Waals surface area contributed by atoms with E-state index in [0.29, 0.717) is 11.6 Å². The molecule has 3 heteroatoms. The van der Waals surface area contributed by atoms with E-state index in [9.17, 15) is 4.79 Å². The molecule has 1 amide bonds. The molecular weight excluding hydrogens is 284 g/mol. The average molecular weight is 312 g/mol. The summed E-state index contributed by atoms with van der Waals surface area (Å²) in [6.07, 6.45) is 6.27. The Hall–Kier alpha value is -1.35. The molecule has 23 heavy (non-hydrogen) atoms. The van der Waals surface area contributed by atoms with Gasteiger partial charge in [0, 0.05) is 17.3 Å². The van der Waals surface area contributed by atoms with Crippen LogP contribution in [0.25, 0.3) is 0 Å². The third-order valence-corrected chi connectivity index (χ3v) is 6.43. The van der Waals surface area contributed by atoms with E-state index in [-0.39, 0.29) is 11.3 Å². The fraction of sp³-hybridized carbons (Fsp3) is 0.650. The number of anilines is 1. The lowest BCUT2D eigenvalue weighted by Gasteiger charge is -2.55. The van der Waals surface area contributed by atoms with Crippen molar-refractivity contribution >= 4 is 11.6 Å². The standard InChI is InChI=1S/C20H28N2O/c1-19(2)16-9-5-6-10-17(16)22(18(19)23)15-13-20(3,14-15)21-11-7-4-8-12-21/h5-6,9-10,15H,4,7-8,11-14H2,1-3H3. The molecule has 1 aliphatic carbocycles. The molecule has 1 saturated heterocycles. The molecule has 0 spiro atoms. The smallest absolute Gasteiger partial charge is 0.237 e. The van der Waals surface area contributed by atoms with Gasteiger partial charge in [0.1, 0.15) is 0 Å². The van der Waals surface area contributed by atoms with Crippen LogP contribution in [0.5, 0.6) is 0 Å². The molecule has 0 aromatic heterocycles. The van der Waals surface area contributed by atoms with E-state index >= 15 is 0 Å². The van der Waals surface area contributed by atoms with Crippen LogP contribution in [0, 0.1) is 0 Å². The van der Waals surface area contributed by atoms with Crippen molar-refractivity contribution in [2.24, 2.45) is 0 Å². The number of piperidine rings is 1. The highest BCUT2D eigenvalue weighted by molar-refractivity contribution is 6.08. The number of hydrogen-bond donors (Lipinski definition) is 0. The molecule has 0 unspecified atom stereocenters. The number of benzene rings is 1. The summed E-state index contributed by atoms with van der Waals surface area (Å²) >= 11 is 0. The van der Waals surface area contributed by atoms with Crippen LogP contribution < -0.4 is 4.90 Å². The normalized spacial score (nSPS) is 33.4. The van der Waals surface area contributed by atoms with Gasteiger partial charge < -0.3 is 4.90 Å². The van der Waals surface area contributed by atoms with Crippen LogP contribution in [0.1, 0.15) is 58.4 Å². The topological polar surface area (TPSA) is 23.6 Å². The summed E-state index contributed by atoms with van der Waals surface area (Å²) in [7, 11) is 0. The van der Waals surface area contributed by atoms with Crippen molar-refractivity contribution in [3.05, 3.63) is 29.8 Å². The van der Waals surface area contributed by atoms with E-state index in [1.165, 1.54) is 37.9 Å². The lowest BCUT2D eigenvalue weighted by Crippen LogP contribution is -2.64. The first-order valence-corrected chi connectivity index (χ1v) is 9.12. The van der Waals surface area contributed by atoms with Crippen LogP contribution in [0.15, 0.2) is 24.3 Å². The number of hydrogen-bond acceptors (Lipinski definition) is 2. The molecule has 4 rings (SSSR count). The number of fused-ring (bicyclic) bond motifs is 1. The average Bonchev–Trinajstić information content (AvgIpc) is 2.73. The lowest BCUT2D eigenvalue weighted by molar-refractivity contribution is -0.123. The highest BCUT2D eigenvalue weighted by Crippen LogP contribution is 2.49. The van der Waals surface area contributed by atoms with E-state index in [2.05, 4.69) is 54.8 Å². The van der Waals surface area contributed by atoms with Crippen LogP contribution in [-0.2, 0) is 10.2 Å². The molecule has 0 atom stereocenters. The monoisotopic (exact) mass is 312 g/mol. The number of likely N-dealkylation sites (tertiary alicyclic amines) is 1. The van der Waals surface area contributed by atoms with Crippen LogP contribution in [0.3, 0.4) is 0 Å². The van der Waals surface area contributed by atoms with Gasteiger partial charge >= 0.3 is 0 Å². The van der Waals surface area contributed by atoms with Gasteiger partial charge in [0.25, 0.3) is 0 Å². The zero-order valence-corrected chi connectivity index (χ0v) is 14.6. The van der Waals surface area contributed by atoms with Crippen molar-refractivity contribution in [1.29, 1.82) is 0 Å². The number of rotatable bonds is 2. The quantitative estimate of drug-likeness (QED) is 0.831. The fourth-order valence-electron chi connectivity index (χ4n) is 4.93. The highest BCUT2D eigenvalue weighted by Gasteiger charge is 2.53. The maximum absolute atomic E-state index is 13.0. The Morgan fingerprint density at radius 3 is 2.35 bits per heavy atom. The molecule has 0 bridgehead atoms. The molecule has 1 aromatic rings. The van der Waals surface area contributed by atoms with Gasteiger partial charge in [-0.25, -0.2) is 0 Å². The van der Waals surface area contributed by atoms with Crippen molar-refractivity contribution in [2.45, 2.75) is 69.9 Å². The van der Waals surface area contributed by atoms with Gasteiger partial charge in [0.2, 0.25) is 5.91 Å². The van der Waals surface area contributed by atoms with Crippen LogP contribution >= 0.6 is 0 Å². The van der Waals surface area contributed by atoms with Crippen LogP contribution in [0.2, 0.25) is 0 Å². The molecule has 1 aromatic carbocycles. The largest absolute Gasteiger partial charge is 0.308 e. The Bertz CT molecular complexity index is 624. The van der Waals surface area contributed by atoms with E-state index in [1.807, 2.05) is 0 Å². The molecule has 0 radical (unpaired) electrons. The summed E-state index contributed by atoms with van der Waals surface area (Å²) in [5.74, 6) is 0.282. The number of para-hydroxylation sites is 1. The van der Waals surface area contributed by atoms with E-state index in [4.69, 9.17) is 0 Å². The Morgan fingerprint density at radius 2 is 1.65 bits per heavy atom. The Balaban J connectivity index is 1.55. The predicted octanol–water partition coefficient (Wildman–Crippen LogP) is 3.72. The number of carbonyl (C=O) groups excluding carboxylic acids is 1. The molecule has 3 aliphatic rings. The summed E-state index contributed by atoms with van der Waals surface area (Å²) in [5.41, 5.74) is 2.26. The summed E-state index contributed by atoms with van der Waals surface area (Å²) < 4.78 is 0. The van der Waals surface area contributed by atoms with Gasteiger partial charge in [-0.1, -0.05) is 24.6 Å². The Kier molecular flexibility index (Phi) is 3.35. The summed E-state index contributed by atoms with van der Waals surface area (Å²) in [6, 6.07) is 8.73. The number of nitrogens with zero attached hydrogens (tertiary/aromatic N) is 2. The zero-order chi connectivity index (χ0) is 16.2. The van der Waals surface area contributed by atoms with Gasteiger partial charge in [0.05, 0.1) is 5.41 Å². The second-order valence-electron chi connectivity index (χ2n) is 8.42. The predicted molar refractivity (Wildman–Crippen MR) is 93.8 cm³/mol. The minimum atomic E-state index is -0.381.